The van der Waals surface area contributed by atoms with Crippen LogP contribution in [0.3, 0.4) is 0 Å². The molecular weight excluding hydrogens is 657 g/mol. The van der Waals surface area contributed by atoms with Crippen LogP contribution in [0.15, 0.2) is 0 Å². The fourth-order valence-electron chi connectivity index (χ4n) is 6.83. The van der Waals surface area contributed by atoms with Crippen molar-refractivity contribution < 1.29 is 22.9 Å². The van der Waals surface area contributed by atoms with Crippen LogP contribution in [0.25, 0.3) is 0 Å². The van der Waals surface area contributed by atoms with E-state index in [-0.39, 0.29) is 11.9 Å². The van der Waals surface area contributed by atoms with Gasteiger partial charge in [0.2, 0.25) is 0 Å². The lowest BCUT2D eigenvalue weighted by atomic mass is 10.0. The Hall–Kier alpha value is -0.533. The molecule has 0 unspecified atom stereocenters. The number of carbonyl (C=O) groups is 2. The first-order chi connectivity index (χ1) is 24.5. The standard InChI is InChI=1S/C43H86O5SSi/c1-4-7-9-11-13-15-17-19-21-23-25-27-29-31-34-38-42(44)47-50(46-6-3,41-37-33-36-40-49)48-43(45)39-35-32-30-28-26-24-22-20-18-16-14-12-10-8-5-2/h49H,4-41H2,1-3H3. The lowest BCUT2D eigenvalue weighted by Gasteiger charge is -2.28. The minimum Gasteiger partial charge on any atom is -0.464 e. The maximum Gasteiger partial charge on any atom is 0.636 e. The van der Waals surface area contributed by atoms with Crippen molar-refractivity contribution in [1.29, 1.82) is 0 Å². The van der Waals surface area contributed by atoms with Crippen LogP contribution in [0.5, 0.6) is 0 Å². The summed E-state index contributed by atoms with van der Waals surface area (Å²) < 4.78 is 18.0. The van der Waals surface area contributed by atoms with E-state index in [9.17, 15) is 9.59 Å². The van der Waals surface area contributed by atoms with Crippen LogP contribution in [-0.2, 0) is 22.9 Å². The molecule has 50 heavy (non-hydrogen) atoms. The molecule has 5 nitrogen and oxygen atoms in total. The van der Waals surface area contributed by atoms with Crippen LogP contribution in [0, 0.1) is 0 Å². The minimum absolute atomic E-state index is 0.270. The third kappa shape index (κ3) is 34.5. The normalized spacial score (nSPS) is 11.7. The van der Waals surface area contributed by atoms with E-state index in [4.69, 9.17) is 13.3 Å². The highest BCUT2D eigenvalue weighted by Crippen LogP contribution is 2.23. The number of carbonyl (C=O) groups excluding carboxylic acids is 2. The van der Waals surface area contributed by atoms with Crippen LogP contribution in [0.4, 0.5) is 0 Å². The Morgan fingerprint density at radius 2 is 0.680 bits per heavy atom. The lowest BCUT2D eigenvalue weighted by molar-refractivity contribution is -0.146. The zero-order valence-corrected chi connectivity index (χ0v) is 35.8. The number of thiol groups is 1. The molecule has 0 bridgehead atoms. The van der Waals surface area contributed by atoms with Crippen LogP contribution >= 0.6 is 12.6 Å². The molecule has 0 aliphatic heterocycles. The molecule has 298 valence electrons. The Bertz CT molecular complexity index is 673. The third-order valence-electron chi connectivity index (χ3n) is 10.0. The average Bonchev–Trinajstić information content (AvgIpc) is 3.10. The summed E-state index contributed by atoms with van der Waals surface area (Å²) in [4.78, 5) is 25.9. The van der Waals surface area contributed by atoms with E-state index in [1.165, 1.54) is 154 Å². The molecule has 0 aliphatic carbocycles. The summed E-state index contributed by atoms with van der Waals surface area (Å²) in [5.41, 5.74) is 0. The summed E-state index contributed by atoms with van der Waals surface area (Å²) in [5.74, 6) is 0.281. The van der Waals surface area contributed by atoms with Crippen molar-refractivity contribution >= 4 is 33.4 Å². The summed E-state index contributed by atoms with van der Waals surface area (Å²) in [6.07, 6.45) is 42.3. The zero-order valence-electron chi connectivity index (χ0n) is 33.9. The second-order valence-electron chi connectivity index (χ2n) is 15.0. The molecule has 0 spiro atoms. The molecule has 0 fully saturated rings. The monoisotopic (exact) mass is 743 g/mol. The van der Waals surface area contributed by atoms with Crippen molar-refractivity contribution in [1.82, 2.24) is 0 Å². The number of unbranched alkanes of at least 4 members (excludes halogenated alkanes) is 30. The fourth-order valence-corrected chi connectivity index (χ4v) is 9.59. The molecule has 0 rings (SSSR count). The summed E-state index contributed by atoms with van der Waals surface area (Å²) in [5, 5.41) is 0. The van der Waals surface area contributed by atoms with E-state index in [0.29, 0.717) is 25.5 Å². The van der Waals surface area contributed by atoms with Gasteiger partial charge < -0.3 is 13.3 Å². The van der Waals surface area contributed by atoms with Gasteiger partial charge in [-0.15, -0.1) is 0 Å². The van der Waals surface area contributed by atoms with Crippen molar-refractivity contribution in [2.24, 2.45) is 0 Å². The molecule has 0 aromatic rings. The summed E-state index contributed by atoms with van der Waals surface area (Å²) in [6.45, 7) is 6.82. The minimum atomic E-state index is -3.41. The van der Waals surface area contributed by atoms with Gasteiger partial charge in [-0.1, -0.05) is 200 Å². The van der Waals surface area contributed by atoms with Crippen molar-refractivity contribution in [3.05, 3.63) is 0 Å². The summed E-state index contributed by atoms with van der Waals surface area (Å²) in [7, 11) is -3.41. The first kappa shape index (κ1) is 49.5. The SMILES string of the molecule is CCCCCCCCCCCCCCCCCC(=O)O[Si](CCCCCS)(OCC)OC(=O)CCCCCCCCCCCCCCCCC. The van der Waals surface area contributed by atoms with Crippen LogP contribution in [0.2, 0.25) is 6.04 Å². The van der Waals surface area contributed by atoms with E-state index in [1.54, 1.807) is 0 Å². The fraction of sp³-hybridized carbons (Fsp3) is 0.953. The van der Waals surface area contributed by atoms with Crippen LogP contribution in [0.1, 0.15) is 245 Å². The maximum absolute atomic E-state index is 13.0. The third-order valence-corrected chi connectivity index (χ3v) is 13.1. The maximum atomic E-state index is 13.0. The predicted molar refractivity (Wildman–Crippen MR) is 221 cm³/mol. The molecule has 0 radical (unpaired) electrons. The molecule has 0 amide bonds. The highest BCUT2D eigenvalue weighted by atomic mass is 32.1. The van der Waals surface area contributed by atoms with Crippen molar-refractivity contribution in [3.63, 3.8) is 0 Å². The first-order valence-electron chi connectivity index (χ1n) is 22.2. The van der Waals surface area contributed by atoms with Gasteiger partial charge in [-0.3, -0.25) is 9.59 Å². The average molecular weight is 743 g/mol. The molecule has 7 heteroatoms. The molecule has 0 aromatic carbocycles. The number of hydrogen-bond donors (Lipinski definition) is 1. The highest BCUT2D eigenvalue weighted by Gasteiger charge is 2.48. The molecule has 0 saturated carbocycles. The molecule has 0 atom stereocenters. The van der Waals surface area contributed by atoms with Crippen LogP contribution < -0.4 is 0 Å². The Balaban J connectivity index is 4.23. The van der Waals surface area contributed by atoms with Gasteiger partial charge in [-0.25, -0.2) is 0 Å². The van der Waals surface area contributed by atoms with Gasteiger partial charge in [0.05, 0.1) is 0 Å². The molecule has 0 saturated heterocycles. The largest absolute Gasteiger partial charge is 0.636 e. The first-order valence-corrected chi connectivity index (χ1v) is 24.8. The lowest BCUT2D eigenvalue weighted by Crippen LogP contribution is -2.49. The molecule has 0 aliphatic rings. The van der Waals surface area contributed by atoms with Gasteiger partial charge in [-0.2, -0.15) is 12.6 Å². The van der Waals surface area contributed by atoms with Crippen LogP contribution in [-0.4, -0.2) is 33.1 Å². The van der Waals surface area contributed by atoms with Gasteiger partial charge in [0.15, 0.2) is 0 Å². The number of hydrogen-bond acceptors (Lipinski definition) is 6. The molecule has 0 heterocycles. The Kier molecular flexibility index (Phi) is 39.2. The summed E-state index contributed by atoms with van der Waals surface area (Å²) in [6, 6.07) is 0.504. The molecular formula is C43H86O5SSi. The van der Waals surface area contributed by atoms with E-state index in [2.05, 4.69) is 26.5 Å². The quantitative estimate of drug-likeness (QED) is 0.0384. The van der Waals surface area contributed by atoms with Gasteiger partial charge >= 0.3 is 8.80 Å². The van der Waals surface area contributed by atoms with Gasteiger partial charge in [0, 0.05) is 25.5 Å². The van der Waals surface area contributed by atoms with E-state index in [1.807, 2.05) is 6.92 Å². The van der Waals surface area contributed by atoms with E-state index < -0.39 is 8.80 Å². The second kappa shape index (κ2) is 39.7. The van der Waals surface area contributed by atoms with E-state index in [0.717, 1.165) is 63.5 Å². The van der Waals surface area contributed by atoms with Crippen molar-refractivity contribution in [2.45, 2.75) is 252 Å². The topological polar surface area (TPSA) is 61.8 Å². The van der Waals surface area contributed by atoms with E-state index >= 15 is 0 Å². The second-order valence-corrected chi connectivity index (χ2v) is 18.0. The Morgan fingerprint density at radius 1 is 0.400 bits per heavy atom. The summed E-state index contributed by atoms with van der Waals surface area (Å²) >= 11 is 4.33. The van der Waals surface area contributed by atoms with Gasteiger partial charge in [-0.05, 0) is 38.4 Å². The van der Waals surface area contributed by atoms with Gasteiger partial charge in [0.25, 0.3) is 11.9 Å². The Morgan fingerprint density at radius 3 is 0.960 bits per heavy atom. The molecule has 0 aromatic heterocycles. The van der Waals surface area contributed by atoms with Gasteiger partial charge in [0.1, 0.15) is 0 Å². The highest BCUT2D eigenvalue weighted by molar-refractivity contribution is 7.80. The Labute approximate surface area is 319 Å². The van der Waals surface area contributed by atoms with Crippen molar-refractivity contribution in [2.75, 3.05) is 12.4 Å². The zero-order chi connectivity index (χ0) is 36.6. The number of rotatable bonds is 41. The smallest absolute Gasteiger partial charge is 0.464 e. The van der Waals surface area contributed by atoms with Crippen molar-refractivity contribution in [3.8, 4) is 0 Å². The molecule has 0 N–H and O–H groups in total. The predicted octanol–water partition coefficient (Wildman–Crippen LogP) is 14.7.